The number of rotatable bonds is 5. The Balaban J connectivity index is 0.00000204. The molecule has 32 heavy (non-hydrogen) atoms. The molecule has 2 amide bonds. The van der Waals surface area contributed by atoms with Gasteiger partial charge in [0.05, 0.1) is 17.6 Å². The van der Waals surface area contributed by atoms with E-state index in [4.69, 9.17) is 0 Å². The van der Waals surface area contributed by atoms with Crippen molar-refractivity contribution in [2.75, 3.05) is 5.32 Å². The number of aryl methyl sites for hydroxylation is 1. The minimum atomic E-state index is -0.305. The molecule has 0 bridgehead atoms. The summed E-state index contributed by atoms with van der Waals surface area (Å²) in [5.74, 6) is 0.396. The molecule has 4 rings (SSSR count). The van der Waals surface area contributed by atoms with Gasteiger partial charge in [0.2, 0.25) is 0 Å². The van der Waals surface area contributed by atoms with Crippen molar-refractivity contribution in [2.45, 2.75) is 45.6 Å². The van der Waals surface area contributed by atoms with Crippen LogP contribution in [0.5, 0.6) is 0 Å². The van der Waals surface area contributed by atoms with E-state index in [0.717, 1.165) is 37.2 Å². The lowest BCUT2D eigenvalue weighted by Gasteiger charge is -2.26. The van der Waals surface area contributed by atoms with Gasteiger partial charge in [-0.05, 0) is 62.8 Å². The molecular formula is C26H34N4O2. The van der Waals surface area contributed by atoms with Gasteiger partial charge in [-0.1, -0.05) is 37.3 Å². The van der Waals surface area contributed by atoms with Crippen LogP contribution in [-0.2, 0) is 0 Å². The number of benzene rings is 2. The first-order chi connectivity index (χ1) is 15.5. The summed E-state index contributed by atoms with van der Waals surface area (Å²) in [6, 6.07) is 16.8. The smallest absolute Gasteiger partial charge is 0.276 e. The van der Waals surface area contributed by atoms with Gasteiger partial charge < -0.3 is 10.6 Å². The van der Waals surface area contributed by atoms with Crippen LogP contribution in [0.1, 0.15) is 63.4 Å². The number of carbonyl (C=O) groups excluding carboxylic acids is 2. The zero-order valence-electron chi connectivity index (χ0n) is 18.5. The van der Waals surface area contributed by atoms with E-state index in [1.165, 1.54) is 0 Å². The zero-order valence-corrected chi connectivity index (χ0v) is 18.5. The lowest BCUT2D eigenvalue weighted by molar-refractivity contribution is 0.0922. The van der Waals surface area contributed by atoms with Gasteiger partial charge in [0.15, 0.2) is 0 Å². The van der Waals surface area contributed by atoms with E-state index in [9.17, 15) is 9.59 Å². The van der Waals surface area contributed by atoms with Crippen molar-refractivity contribution < 1.29 is 13.9 Å². The largest absolute Gasteiger partial charge is 0.349 e. The number of nitrogens with zero attached hydrogens (tertiary/aromatic N) is 2. The summed E-state index contributed by atoms with van der Waals surface area (Å²) < 4.78 is 0. The normalized spacial score (nSPS) is 18.1. The third-order valence-electron chi connectivity index (χ3n) is 6.00. The van der Waals surface area contributed by atoms with Crippen molar-refractivity contribution in [1.82, 2.24) is 15.3 Å². The van der Waals surface area contributed by atoms with Crippen LogP contribution < -0.4 is 10.6 Å². The molecule has 1 fully saturated rings. The number of hydrogen-bond donors (Lipinski definition) is 2. The Hall–Kier alpha value is -3.54. The molecule has 0 aliphatic heterocycles. The standard InChI is InChI=1S/C26H28N4O2.3H2/c1-17-8-14-22(15-9-17)28-25(31)20-12-10-19(11-13-20)23-16-27-18(2)24(30-23)26(32)29-21-6-4-3-5-7-21;;;/h3-7,10-13,16-17,22H,8-9,14-15H2,1-2H3,(H,28,31)(H,29,32);3*1H. The summed E-state index contributed by atoms with van der Waals surface area (Å²) in [5, 5.41) is 6.00. The molecule has 3 aromatic rings. The molecule has 0 unspecified atom stereocenters. The van der Waals surface area contributed by atoms with Crippen LogP contribution in [0.15, 0.2) is 60.8 Å². The summed E-state index contributed by atoms with van der Waals surface area (Å²) in [4.78, 5) is 34.2. The predicted molar refractivity (Wildman–Crippen MR) is 132 cm³/mol. The summed E-state index contributed by atoms with van der Waals surface area (Å²) in [7, 11) is 0. The summed E-state index contributed by atoms with van der Waals surface area (Å²) >= 11 is 0. The second kappa shape index (κ2) is 9.73. The molecule has 1 aromatic heterocycles. The Morgan fingerprint density at radius 2 is 1.62 bits per heavy atom. The molecule has 0 atom stereocenters. The van der Waals surface area contributed by atoms with E-state index >= 15 is 0 Å². The first-order valence-corrected chi connectivity index (χ1v) is 11.1. The molecule has 170 valence electrons. The van der Waals surface area contributed by atoms with Gasteiger partial charge in [-0.25, -0.2) is 4.98 Å². The zero-order chi connectivity index (χ0) is 22.5. The fourth-order valence-electron chi connectivity index (χ4n) is 3.98. The molecule has 6 heteroatoms. The number of hydrogen-bond acceptors (Lipinski definition) is 4. The third kappa shape index (κ3) is 5.19. The Kier molecular flexibility index (Phi) is 6.59. The first-order valence-electron chi connectivity index (χ1n) is 11.1. The maximum absolute atomic E-state index is 12.7. The van der Waals surface area contributed by atoms with E-state index in [-0.39, 0.29) is 27.8 Å². The molecule has 1 heterocycles. The highest BCUT2D eigenvalue weighted by molar-refractivity contribution is 6.03. The molecule has 1 aliphatic rings. The molecule has 1 saturated carbocycles. The third-order valence-corrected chi connectivity index (χ3v) is 6.00. The van der Waals surface area contributed by atoms with Crippen LogP contribution >= 0.6 is 0 Å². The van der Waals surface area contributed by atoms with Crippen LogP contribution in [0.25, 0.3) is 11.3 Å². The van der Waals surface area contributed by atoms with E-state index in [1.807, 2.05) is 42.5 Å². The van der Waals surface area contributed by atoms with Gasteiger partial charge in [0.1, 0.15) is 5.69 Å². The van der Waals surface area contributed by atoms with E-state index < -0.39 is 0 Å². The number of carbonyl (C=O) groups is 2. The van der Waals surface area contributed by atoms with Gasteiger partial charge >= 0.3 is 0 Å². The molecule has 6 nitrogen and oxygen atoms in total. The summed E-state index contributed by atoms with van der Waals surface area (Å²) in [6.45, 7) is 4.03. The molecule has 2 N–H and O–H groups in total. The van der Waals surface area contributed by atoms with Crippen LogP contribution in [0.4, 0.5) is 5.69 Å². The SMILES string of the molecule is Cc1ncc(-c2ccc(C(=O)NC3CCC(C)CC3)cc2)nc1C(=O)Nc1ccccc1.[HH].[HH].[HH]. The van der Waals surface area contributed by atoms with E-state index in [0.29, 0.717) is 22.6 Å². The summed E-state index contributed by atoms with van der Waals surface area (Å²) in [6.07, 6.45) is 6.05. The van der Waals surface area contributed by atoms with Crippen molar-refractivity contribution >= 4 is 17.5 Å². The maximum Gasteiger partial charge on any atom is 0.276 e. The van der Waals surface area contributed by atoms with Crippen molar-refractivity contribution in [3.05, 3.63) is 77.7 Å². The minimum absolute atomic E-state index is 0. The second-order valence-electron chi connectivity index (χ2n) is 8.52. The fourth-order valence-corrected chi connectivity index (χ4v) is 3.98. The van der Waals surface area contributed by atoms with Crippen molar-refractivity contribution in [3.63, 3.8) is 0 Å². The van der Waals surface area contributed by atoms with Crippen LogP contribution in [0.3, 0.4) is 0 Å². The average molecular weight is 435 g/mol. The Bertz CT molecular complexity index is 1100. The van der Waals surface area contributed by atoms with Crippen LogP contribution in [0.2, 0.25) is 0 Å². The van der Waals surface area contributed by atoms with Gasteiger partial charge in [-0.15, -0.1) is 0 Å². The topological polar surface area (TPSA) is 84.0 Å². The van der Waals surface area contributed by atoms with Gasteiger partial charge in [0, 0.05) is 27.1 Å². The number of aromatic nitrogens is 2. The van der Waals surface area contributed by atoms with Crippen molar-refractivity contribution in [2.24, 2.45) is 5.92 Å². The average Bonchev–Trinajstić information content (AvgIpc) is 2.81. The molecule has 0 spiro atoms. The summed E-state index contributed by atoms with van der Waals surface area (Å²) in [5.41, 5.74) is 3.54. The van der Waals surface area contributed by atoms with E-state index in [1.54, 1.807) is 25.3 Å². The number of amides is 2. The second-order valence-corrected chi connectivity index (χ2v) is 8.52. The highest BCUT2D eigenvalue weighted by Crippen LogP contribution is 2.24. The molecule has 2 aromatic carbocycles. The Labute approximate surface area is 193 Å². The maximum atomic E-state index is 12.7. The van der Waals surface area contributed by atoms with Gasteiger partial charge in [-0.2, -0.15) is 0 Å². The van der Waals surface area contributed by atoms with Crippen molar-refractivity contribution in [3.8, 4) is 11.3 Å². The van der Waals surface area contributed by atoms with E-state index in [2.05, 4.69) is 27.5 Å². The first kappa shape index (κ1) is 21.7. The molecule has 1 aliphatic carbocycles. The lowest BCUT2D eigenvalue weighted by Crippen LogP contribution is -2.37. The van der Waals surface area contributed by atoms with Gasteiger partial charge in [0.25, 0.3) is 11.8 Å². The predicted octanol–water partition coefficient (Wildman–Crippen LogP) is 5.75. The number of anilines is 1. The Morgan fingerprint density at radius 3 is 2.31 bits per heavy atom. The molecule has 0 saturated heterocycles. The van der Waals surface area contributed by atoms with Crippen molar-refractivity contribution in [1.29, 1.82) is 0 Å². The Morgan fingerprint density at radius 1 is 0.938 bits per heavy atom. The number of nitrogens with one attached hydrogen (secondary N) is 2. The molecule has 0 radical (unpaired) electrons. The van der Waals surface area contributed by atoms with Gasteiger partial charge in [-0.3, -0.25) is 14.6 Å². The van der Waals surface area contributed by atoms with Crippen LogP contribution in [-0.4, -0.2) is 27.8 Å². The lowest BCUT2D eigenvalue weighted by atomic mass is 9.87. The van der Waals surface area contributed by atoms with Crippen LogP contribution in [0, 0.1) is 12.8 Å². The quantitative estimate of drug-likeness (QED) is 0.535. The minimum Gasteiger partial charge on any atom is -0.349 e. The number of para-hydroxylation sites is 1. The molecular weight excluding hydrogens is 400 g/mol. The fraction of sp³-hybridized carbons (Fsp3) is 0.308. The highest BCUT2D eigenvalue weighted by atomic mass is 16.2. The monoisotopic (exact) mass is 434 g/mol. The highest BCUT2D eigenvalue weighted by Gasteiger charge is 2.20.